The Morgan fingerprint density at radius 3 is 2.07 bits per heavy atom. The molecule has 3 aromatic carbocycles. The summed E-state index contributed by atoms with van der Waals surface area (Å²) in [6.07, 6.45) is 6.73. The number of fused-ring (bicyclic) bond motifs is 3. The fraction of sp³-hybridized carbons (Fsp3) is 0.450. The van der Waals surface area contributed by atoms with Crippen LogP contribution in [0.5, 0.6) is 0 Å². The van der Waals surface area contributed by atoms with Crippen LogP contribution in [0, 0.1) is 30.6 Å². The summed E-state index contributed by atoms with van der Waals surface area (Å²) in [6, 6.07) is 17.9. The molecule has 3 nitrogen and oxygen atoms in total. The van der Waals surface area contributed by atoms with E-state index < -0.39 is 8.07 Å². The van der Waals surface area contributed by atoms with Crippen LogP contribution in [0.1, 0.15) is 85.3 Å². The molecule has 1 N–H and O–H groups in total. The molecular weight excluding hydrogens is 766 g/mol. The van der Waals surface area contributed by atoms with Gasteiger partial charge in [-0.05, 0) is 75.7 Å². The summed E-state index contributed by atoms with van der Waals surface area (Å²) in [7, 11) is -1.75. The average molecular weight is 819 g/mol. The van der Waals surface area contributed by atoms with Crippen molar-refractivity contribution in [1.29, 1.82) is 0 Å². The molecule has 0 saturated heterocycles. The maximum atomic E-state index is 15.0. The Labute approximate surface area is 291 Å². The molecular formula is C40H53FIrNO2Si-. The second-order valence-electron chi connectivity index (χ2n) is 14.3. The summed E-state index contributed by atoms with van der Waals surface area (Å²) in [6.45, 7) is 23.3. The van der Waals surface area contributed by atoms with E-state index in [-0.39, 0.29) is 54.7 Å². The van der Waals surface area contributed by atoms with Crippen LogP contribution in [0.4, 0.5) is 4.39 Å². The van der Waals surface area contributed by atoms with Crippen molar-refractivity contribution in [2.75, 3.05) is 0 Å². The number of halogens is 1. The summed E-state index contributed by atoms with van der Waals surface area (Å²) in [5.74, 6) is 0.454. The Kier molecular flexibility index (Phi) is 14.1. The second-order valence-corrected chi connectivity index (χ2v) is 19.4. The minimum Gasteiger partial charge on any atom is -0.512 e. The summed E-state index contributed by atoms with van der Waals surface area (Å²) in [4.78, 5) is 16.4. The Morgan fingerprint density at radius 2 is 1.52 bits per heavy atom. The van der Waals surface area contributed by atoms with Gasteiger partial charge < -0.3 is 10.1 Å². The normalized spacial score (nSPS) is 12.3. The number of aliphatic hydroxyl groups excluding tert-OH is 1. The number of nitrogens with zero attached hydrogens (tertiary/aromatic N) is 1. The molecule has 0 amide bonds. The van der Waals surface area contributed by atoms with Crippen molar-refractivity contribution >= 4 is 40.6 Å². The van der Waals surface area contributed by atoms with Crippen molar-refractivity contribution in [2.24, 2.45) is 11.8 Å². The van der Waals surface area contributed by atoms with E-state index in [0.717, 1.165) is 69.2 Å². The van der Waals surface area contributed by atoms with E-state index in [1.807, 2.05) is 46.0 Å². The van der Waals surface area contributed by atoms with Gasteiger partial charge in [0.2, 0.25) is 0 Å². The zero-order chi connectivity index (χ0) is 33.7. The molecule has 1 aromatic heterocycles. The molecule has 0 aliphatic heterocycles. The molecule has 4 rings (SSSR count). The van der Waals surface area contributed by atoms with Gasteiger partial charge in [-0.3, -0.25) is 4.79 Å². The van der Waals surface area contributed by atoms with Gasteiger partial charge in [-0.15, -0.1) is 34.9 Å². The van der Waals surface area contributed by atoms with E-state index in [1.54, 1.807) is 6.07 Å². The first kappa shape index (κ1) is 39.5. The number of pyridine rings is 1. The number of rotatable bonds is 9. The molecule has 1 heterocycles. The van der Waals surface area contributed by atoms with Crippen LogP contribution in [0.2, 0.25) is 19.6 Å². The molecule has 0 aliphatic rings. The molecule has 0 saturated carbocycles. The first-order chi connectivity index (χ1) is 21.0. The molecule has 46 heavy (non-hydrogen) atoms. The van der Waals surface area contributed by atoms with Gasteiger partial charge in [-0.1, -0.05) is 93.2 Å². The molecule has 0 bridgehead atoms. The van der Waals surface area contributed by atoms with Crippen LogP contribution in [0.15, 0.2) is 60.5 Å². The molecule has 0 spiro atoms. The van der Waals surface area contributed by atoms with Gasteiger partial charge in [0.15, 0.2) is 5.78 Å². The number of hydrogen-bond donors (Lipinski definition) is 1. The van der Waals surface area contributed by atoms with Crippen molar-refractivity contribution in [3.63, 3.8) is 0 Å². The summed E-state index contributed by atoms with van der Waals surface area (Å²) in [5, 5.41) is 14.7. The van der Waals surface area contributed by atoms with Gasteiger partial charge in [0, 0.05) is 44.2 Å². The van der Waals surface area contributed by atoms with Crippen molar-refractivity contribution in [1.82, 2.24) is 4.98 Å². The number of allylic oxidation sites excluding steroid dienone is 2. The maximum absolute atomic E-state index is 15.0. The largest absolute Gasteiger partial charge is 0.512 e. The number of aliphatic hydroxyl groups is 1. The first-order valence-corrected chi connectivity index (χ1v) is 20.1. The van der Waals surface area contributed by atoms with Gasteiger partial charge in [0.1, 0.15) is 5.82 Å². The van der Waals surface area contributed by atoms with Crippen LogP contribution in [-0.2, 0) is 30.3 Å². The predicted molar refractivity (Wildman–Crippen MR) is 194 cm³/mol. The van der Waals surface area contributed by atoms with Crippen molar-refractivity contribution in [3.05, 3.63) is 83.5 Å². The SMILES string of the molecule is CCC(CC)C(=O)/C=C(\O)C(CC)CC.Cc1[c-]c(-c2nccc3c2ccc2cc([Si](C)(C)C)c(F)cc23)cc(C(C)(C)C)c1.[Ir]. The monoisotopic (exact) mass is 819 g/mol. The molecule has 4 aromatic rings. The van der Waals surface area contributed by atoms with E-state index in [1.165, 1.54) is 11.6 Å². The Morgan fingerprint density at radius 1 is 0.913 bits per heavy atom. The number of carbonyl (C=O) groups excluding carboxylic acids is 1. The van der Waals surface area contributed by atoms with E-state index in [9.17, 15) is 9.90 Å². The zero-order valence-electron chi connectivity index (χ0n) is 29.7. The summed E-state index contributed by atoms with van der Waals surface area (Å²) < 4.78 is 15.0. The van der Waals surface area contributed by atoms with Crippen LogP contribution in [0.3, 0.4) is 0 Å². The van der Waals surface area contributed by atoms with Gasteiger partial charge in [0.25, 0.3) is 0 Å². The van der Waals surface area contributed by atoms with Crippen molar-refractivity contribution in [3.8, 4) is 11.3 Å². The van der Waals surface area contributed by atoms with Crippen molar-refractivity contribution in [2.45, 2.75) is 106 Å². The average Bonchev–Trinajstić information content (AvgIpc) is 2.96. The van der Waals surface area contributed by atoms with Gasteiger partial charge >= 0.3 is 0 Å². The minimum atomic E-state index is -1.75. The second kappa shape index (κ2) is 16.4. The van der Waals surface area contributed by atoms with Crippen LogP contribution < -0.4 is 5.19 Å². The van der Waals surface area contributed by atoms with Gasteiger partial charge in [-0.2, -0.15) is 0 Å². The standard InChI is InChI=1S/C27H29FNSi.C13H24O2.Ir/c1-17-12-19(14-20(13-17)27(2,3)4)26-22-9-8-18-15-25(30(5,6)7)24(28)16-23(18)21(22)10-11-29-26;1-5-10(6-2)12(14)9-13(15)11(7-3)8-4;/h8-11,13-16H,1-7H3;9-11,14H,5-8H2,1-4H3;/q-1;;/b;12-9-;. The fourth-order valence-electron chi connectivity index (χ4n) is 5.86. The van der Waals surface area contributed by atoms with E-state index >= 15 is 4.39 Å². The fourth-order valence-corrected chi connectivity index (χ4v) is 7.23. The molecule has 0 atom stereocenters. The number of aromatic nitrogens is 1. The maximum Gasteiger partial charge on any atom is 0.162 e. The molecule has 6 heteroatoms. The topological polar surface area (TPSA) is 50.2 Å². The summed E-state index contributed by atoms with van der Waals surface area (Å²) >= 11 is 0. The Balaban J connectivity index is 0.000000394. The van der Waals surface area contributed by atoms with E-state index in [4.69, 9.17) is 4.98 Å². The van der Waals surface area contributed by atoms with Gasteiger partial charge in [0.05, 0.1) is 13.8 Å². The minimum absolute atomic E-state index is 0. The Hall–Kier alpha value is -2.66. The van der Waals surface area contributed by atoms with Crippen molar-refractivity contribution < 1.29 is 34.4 Å². The Bertz CT molecular complexity index is 1680. The zero-order valence-corrected chi connectivity index (χ0v) is 33.1. The van der Waals surface area contributed by atoms with E-state index in [2.05, 4.69) is 77.7 Å². The third-order valence-corrected chi connectivity index (χ3v) is 10.9. The first-order valence-electron chi connectivity index (χ1n) is 16.6. The number of ketones is 1. The third kappa shape index (κ3) is 9.46. The number of hydrogen-bond acceptors (Lipinski definition) is 3. The number of aryl methyl sites for hydroxylation is 1. The number of benzene rings is 3. The molecule has 1 radical (unpaired) electrons. The predicted octanol–water partition coefficient (Wildman–Crippen LogP) is 11.0. The van der Waals surface area contributed by atoms with Gasteiger partial charge in [-0.25, -0.2) is 4.39 Å². The summed E-state index contributed by atoms with van der Waals surface area (Å²) in [5.41, 5.74) is 4.30. The van der Waals surface area contributed by atoms with Crippen LogP contribution in [0.25, 0.3) is 32.8 Å². The smallest absolute Gasteiger partial charge is 0.162 e. The number of carbonyl (C=O) groups is 1. The molecule has 251 valence electrons. The third-order valence-electron chi connectivity index (χ3n) is 8.86. The molecule has 0 fully saturated rings. The quantitative estimate of drug-likeness (QED) is 0.0602. The van der Waals surface area contributed by atoms with Crippen LogP contribution in [-0.4, -0.2) is 23.9 Å². The van der Waals surface area contributed by atoms with Crippen LogP contribution >= 0.6 is 0 Å². The van der Waals surface area contributed by atoms with E-state index in [0.29, 0.717) is 0 Å². The molecule has 0 unspecified atom stereocenters. The molecule has 0 aliphatic carbocycles.